The van der Waals surface area contributed by atoms with Crippen LogP contribution in [0.5, 0.6) is 11.5 Å². The highest BCUT2D eigenvalue weighted by Gasteiger charge is 2.07. The van der Waals surface area contributed by atoms with Gasteiger partial charge in [0.1, 0.15) is 0 Å². The molecule has 0 saturated heterocycles. The van der Waals surface area contributed by atoms with Crippen LogP contribution < -0.4 is 20.1 Å². The first kappa shape index (κ1) is 13.3. The molecule has 94 valence electrons. The second-order valence-corrected chi connectivity index (χ2v) is 3.48. The summed E-state index contributed by atoms with van der Waals surface area (Å²) in [5, 5.41) is 5.54. The van der Waals surface area contributed by atoms with Gasteiger partial charge in [0.05, 0.1) is 7.11 Å². The Kier molecular flexibility index (Phi) is 5.29. The van der Waals surface area contributed by atoms with Crippen molar-refractivity contribution in [2.75, 3.05) is 27.8 Å². The number of ether oxygens (including phenoxy) is 2. The van der Waals surface area contributed by atoms with Gasteiger partial charge in [0.2, 0.25) is 0 Å². The average Bonchev–Trinajstić information content (AvgIpc) is 2.36. The van der Waals surface area contributed by atoms with E-state index in [9.17, 15) is 4.79 Å². The predicted octanol–water partition coefficient (Wildman–Crippen LogP) is 0.539. The molecule has 0 aromatic heterocycles. The molecule has 0 heterocycles. The van der Waals surface area contributed by atoms with Crippen LogP contribution in [-0.4, -0.2) is 33.7 Å². The van der Waals surface area contributed by atoms with E-state index in [0.29, 0.717) is 11.5 Å². The Balaban J connectivity index is 2.74. The summed E-state index contributed by atoms with van der Waals surface area (Å²) >= 11 is 0. The second-order valence-electron chi connectivity index (χ2n) is 3.48. The highest BCUT2D eigenvalue weighted by molar-refractivity contribution is 5.77. The summed E-state index contributed by atoms with van der Waals surface area (Å²) in [6.45, 7) is 0.740. The Morgan fingerprint density at radius 1 is 1.29 bits per heavy atom. The van der Waals surface area contributed by atoms with Gasteiger partial charge in [-0.05, 0) is 24.7 Å². The molecule has 0 saturated carbocycles. The topological polar surface area (TPSA) is 59.6 Å². The number of amides is 1. The SMILES string of the molecule is CNCc1ccc(OCC(=O)NC)c(OC)c1. The molecule has 0 unspecified atom stereocenters. The van der Waals surface area contributed by atoms with Crippen molar-refractivity contribution in [1.29, 1.82) is 0 Å². The van der Waals surface area contributed by atoms with Gasteiger partial charge in [-0.2, -0.15) is 0 Å². The van der Waals surface area contributed by atoms with E-state index < -0.39 is 0 Å². The molecule has 0 fully saturated rings. The third-order valence-electron chi connectivity index (χ3n) is 2.25. The number of likely N-dealkylation sites (N-methyl/N-ethyl adjacent to an activating group) is 1. The lowest BCUT2D eigenvalue weighted by Crippen LogP contribution is -2.24. The summed E-state index contributed by atoms with van der Waals surface area (Å²) < 4.78 is 10.6. The lowest BCUT2D eigenvalue weighted by Gasteiger charge is -2.11. The fourth-order valence-electron chi connectivity index (χ4n) is 1.36. The summed E-state index contributed by atoms with van der Waals surface area (Å²) in [5.74, 6) is 1.02. The minimum Gasteiger partial charge on any atom is -0.493 e. The van der Waals surface area contributed by atoms with Gasteiger partial charge in [-0.25, -0.2) is 0 Å². The van der Waals surface area contributed by atoms with E-state index in [0.717, 1.165) is 12.1 Å². The average molecular weight is 238 g/mol. The Morgan fingerprint density at radius 2 is 2.06 bits per heavy atom. The van der Waals surface area contributed by atoms with Crippen molar-refractivity contribution in [1.82, 2.24) is 10.6 Å². The molecule has 1 rings (SSSR count). The second kappa shape index (κ2) is 6.75. The van der Waals surface area contributed by atoms with Gasteiger partial charge in [-0.3, -0.25) is 4.79 Å². The maximum Gasteiger partial charge on any atom is 0.257 e. The summed E-state index contributed by atoms with van der Waals surface area (Å²) in [7, 11) is 5.02. The van der Waals surface area contributed by atoms with Crippen LogP contribution in [-0.2, 0) is 11.3 Å². The maximum absolute atomic E-state index is 11.1. The number of rotatable bonds is 6. The van der Waals surface area contributed by atoms with Crippen LogP contribution in [0.15, 0.2) is 18.2 Å². The first-order valence-corrected chi connectivity index (χ1v) is 5.36. The summed E-state index contributed by atoms with van der Waals surface area (Å²) in [4.78, 5) is 11.1. The van der Waals surface area contributed by atoms with E-state index in [1.54, 1.807) is 20.2 Å². The molecule has 0 aliphatic rings. The Labute approximate surface area is 101 Å². The molecule has 2 N–H and O–H groups in total. The molecule has 0 atom stereocenters. The number of carbonyl (C=O) groups excluding carboxylic acids is 1. The van der Waals surface area contributed by atoms with Crippen LogP contribution in [0.3, 0.4) is 0 Å². The quantitative estimate of drug-likeness (QED) is 0.759. The van der Waals surface area contributed by atoms with E-state index in [1.807, 2.05) is 19.2 Å². The molecule has 5 heteroatoms. The van der Waals surface area contributed by atoms with Gasteiger partial charge in [0.25, 0.3) is 5.91 Å². The standard InChI is InChI=1S/C12H18N2O3/c1-13-7-9-4-5-10(11(6-9)16-3)17-8-12(15)14-2/h4-6,13H,7-8H2,1-3H3,(H,14,15). The van der Waals surface area contributed by atoms with Gasteiger partial charge in [0.15, 0.2) is 18.1 Å². The first-order valence-electron chi connectivity index (χ1n) is 5.36. The number of hydrogen-bond donors (Lipinski definition) is 2. The largest absolute Gasteiger partial charge is 0.493 e. The zero-order chi connectivity index (χ0) is 12.7. The van der Waals surface area contributed by atoms with Gasteiger partial charge in [-0.15, -0.1) is 0 Å². The highest BCUT2D eigenvalue weighted by atomic mass is 16.5. The van der Waals surface area contributed by atoms with Gasteiger partial charge < -0.3 is 20.1 Å². The summed E-state index contributed by atoms with van der Waals surface area (Å²) in [6, 6.07) is 5.61. The van der Waals surface area contributed by atoms with E-state index in [4.69, 9.17) is 9.47 Å². The maximum atomic E-state index is 11.1. The van der Waals surface area contributed by atoms with E-state index in [-0.39, 0.29) is 12.5 Å². The van der Waals surface area contributed by atoms with Gasteiger partial charge in [-0.1, -0.05) is 6.07 Å². The molecular formula is C12H18N2O3. The van der Waals surface area contributed by atoms with Crippen molar-refractivity contribution < 1.29 is 14.3 Å². The summed E-state index contributed by atoms with van der Waals surface area (Å²) in [6.07, 6.45) is 0. The van der Waals surface area contributed by atoms with Crippen LogP contribution in [0, 0.1) is 0 Å². The molecule has 0 aliphatic heterocycles. The lowest BCUT2D eigenvalue weighted by molar-refractivity contribution is -0.122. The minimum absolute atomic E-state index is 0.0156. The number of benzene rings is 1. The molecule has 0 spiro atoms. The van der Waals surface area contributed by atoms with Crippen LogP contribution in [0.4, 0.5) is 0 Å². The summed E-state index contributed by atoms with van der Waals surface area (Å²) in [5.41, 5.74) is 1.09. The molecule has 1 aromatic rings. The van der Waals surface area contributed by atoms with E-state index >= 15 is 0 Å². The van der Waals surface area contributed by atoms with Crippen molar-refractivity contribution in [3.63, 3.8) is 0 Å². The van der Waals surface area contributed by atoms with Crippen molar-refractivity contribution in [2.45, 2.75) is 6.54 Å². The van der Waals surface area contributed by atoms with E-state index in [2.05, 4.69) is 10.6 Å². The molecule has 0 bridgehead atoms. The van der Waals surface area contributed by atoms with Gasteiger partial charge >= 0.3 is 0 Å². The molecule has 17 heavy (non-hydrogen) atoms. The first-order chi connectivity index (χ1) is 8.21. The fourth-order valence-corrected chi connectivity index (χ4v) is 1.36. The third kappa shape index (κ3) is 3.96. The third-order valence-corrected chi connectivity index (χ3v) is 2.25. The zero-order valence-corrected chi connectivity index (χ0v) is 10.4. The van der Waals surface area contributed by atoms with Gasteiger partial charge in [0, 0.05) is 13.6 Å². The Hall–Kier alpha value is -1.75. The van der Waals surface area contributed by atoms with Crippen LogP contribution in [0.25, 0.3) is 0 Å². The number of nitrogens with one attached hydrogen (secondary N) is 2. The van der Waals surface area contributed by atoms with Crippen molar-refractivity contribution in [3.05, 3.63) is 23.8 Å². The normalized spacial score (nSPS) is 9.82. The monoisotopic (exact) mass is 238 g/mol. The smallest absolute Gasteiger partial charge is 0.257 e. The molecule has 1 aromatic carbocycles. The number of hydrogen-bond acceptors (Lipinski definition) is 4. The number of carbonyl (C=O) groups is 1. The zero-order valence-electron chi connectivity index (χ0n) is 10.4. The highest BCUT2D eigenvalue weighted by Crippen LogP contribution is 2.27. The molecule has 0 aliphatic carbocycles. The molecule has 1 amide bonds. The molecule has 0 radical (unpaired) electrons. The van der Waals surface area contributed by atoms with Crippen molar-refractivity contribution >= 4 is 5.91 Å². The fraction of sp³-hybridized carbons (Fsp3) is 0.417. The minimum atomic E-state index is -0.175. The Bertz CT molecular complexity index is 380. The van der Waals surface area contributed by atoms with Crippen molar-refractivity contribution in [3.8, 4) is 11.5 Å². The molecule has 5 nitrogen and oxygen atoms in total. The van der Waals surface area contributed by atoms with Crippen molar-refractivity contribution in [2.24, 2.45) is 0 Å². The van der Waals surface area contributed by atoms with Crippen LogP contribution >= 0.6 is 0 Å². The predicted molar refractivity (Wildman–Crippen MR) is 65.3 cm³/mol. The van der Waals surface area contributed by atoms with Crippen LogP contribution in [0.2, 0.25) is 0 Å². The van der Waals surface area contributed by atoms with Crippen LogP contribution in [0.1, 0.15) is 5.56 Å². The van der Waals surface area contributed by atoms with E-state index in [1.165, 1.54) is 0 Å². The lowest BCUT2D eigenvalue weighted by atomic mass is 10.2. The molecular weight excluding hydrogens is 220 g/mol. The number of methoxy groups -OCH3 is 1. The Morgan fingerprint density at radius 3 is 2.65 bits per heavy atom.